The first kappa shape index (κ1) is 41.8. The summed E-state index contributed by atoms with van der Waals surface area (Å²) in [5, 5.41) is 14.5. The molecule has 4 aromatic heterocycles. The highest BCUT2D eigenvalue weighted by Crippen LogP contribution is 2.46. The molecule has 6 nitrogen and oxygen atoms in total. The lowest BCUT2D eigenvalue weighted by Crippen LogP contribution is -2.07. The Labute approximate surface area is 399 Å². The minimum absolute atomic E-state index is 0.166. The first-order valence-electron chi connectivity index (χ1n) is 22.5. The Hall–Kier alpha value is -9.57. The Morgan fingerprint density at radius 2 is 0.929 bits per heavy atom. The van der Waals surface area contributed by atoms with Crippen LogP contribution < -0.4 is 0 Å². The van der Waals surface area contributed by atoms with Crippen LogP contribution in [-0.4, -0.2) is 19.1 Å². The molecule has 0 bridgehead atoms. The molecule has 0 atom stereocenters. The first-order valence-corrected chi connectivity index (χ1v) is 22.5. The van der Waals surface area contributed by atoms with Crippen LogP contribution in [-0.2, 0) is 6.18 Å². The Kier molecular flexibility index (Phi) is 9.94. The third kappa shape index (κ3) is 6.96. The lowest BCUT2D eigenvalue weighted by atomic mass is 9.95. The molecule has 12 rings (SSSR count). The zero-order valence-electron chi connectivity index (χ0n) is 37.0. The summed E-state index contributed by atoms with van der Waals surface area (Å²) in [4.78, 5) is 13.1. The molecule has 0 saturated carbocycles. The fourth-order valence-electron chi connectivity index (χ4n) is 10.0. The van der Waals surface area contributed by atoms with Crippen LogP contribution in [0.25, 0.3) is 116 Å². The molecule has 12 aromatic rings. The van der Waals surface area contributed by atoms with Gasteiger partial charge in [-0.05, 0) is 95.6 Å². The number of hydrogen-bond acceptors (Lipinski definition) is 3. The van der Waals surface area contributed by atoms with Crippen molar-refractivity contribution >= 4 is 49.3 Å². The molecule has 9 heteroatoms. The van der Waals surface area contributed by atoms with E-state index in [-0.39, 0.29) is 11.3 Å². The fraction of sp³-hybridized carbons (Fsp3) is 0.0164. The number of benzene rings is 8. The van der Waals surface area contributed by atoms with Gasteiger partial charge in [-0.25, -0.2) is 4.85 Å². The fourth-order valence-corrected chi connectivity index (χ4v) is 10.0. The molecule has 0 radical (unpaired) electrons. The molecule has 0 fully saturated rings. The van der Waals surface area contributed by atoms with Crippen molar-refractivity contribution in [3.8, 4) is 73.3 Å². The highest BCUT2D eigenvalue weighted by Gasteiger charge is 2.32. The monoisotopic (exact) mass is 908 g/mol. The molecular formula is C61H35F3N6. The molecule has 330 valence electrons. The lowest BCUT2D eigenvalue weighted by molar-refractivity contribution is -0.137. The first-order chi connectivity index (χ1) is 34.3. The second kappa shape index (κ2) is 16.6. The van der Waals surface area contributed by atoms with Gasteiger partial charge >= 0.3 is 6.18 Å². The summed E-state index contributed by atoms with van der Waals surface area (Å²) >= 11 is 0. The van der Waals surface area contributed by atoms with Crippen LogP contribution in [0.4, 0.5) is 18.9 Å². The maximum absolute atomic E-state index is 15.0. The van der Waals surface area contributed by atoms with Gasteiger partial charge in [-0.15, -0.1) is 0 Å². The van der Waals surface area contributed by atoms with Crippen LogP contribution >= 0.6 is 0 Å². The summed E-state index contributed by atoms with van der Waals surface area (Å²) in [7, 11) is 0. The predicted molar refractivity (Wildman–Crippen MR) is 274 cm³/mol. The van der Waals surface area contributed by atoms with Crippen LogP contribution in [0.5, 0.6) is 0 Å². The molecule has 0 saturated heterocycles. The molecule has 4 heterocycles. The van der Waals surface area contributed by atoms with Gasteiger partial charge < -0.3 is 9.13 Å². The van der Waals surface area contributed by atoms with Gasteiger partial charge in [0, 0.05) is 67.3 Å². The number of nitrogens with zero attached hydrogens (tertiary/aromatic N) is 6. The van der Waals surface area contributed by atoms with Gasteiger partial charge in [-0.3, -0.25) is 9.97 Å². The van der Waals surface area contributed by atoms with Gasteiger partial charge in [0.05, 0.1) is 63.0 Å². The molecule has 0 aliphatic heterocycles. The second-order valence-electron chi connectivity index (χ2n) is 17.1. The van der Waals surface area contributed by atoms with Crippen molar-refractivity contribution in [3.63, 3.8) is 0 Å². The van der Waals surface area contributed by atoms with E-state index in [4.69, 9.17) is 16.5 Å². The summed E-state index contributed by atoms with van der Waals surface area (Å²) in [6, 6.07) is 65.5. The summed E-state index contributed by atoms with van der Waals surface area (Å²) in [6.07, 6.45) is -1.20. The average molecular weight is 909 g/mol. The standard InChI is InChI=1S/C61H35F3N6/c1-66-45-33-43(32-44(36-45)61(62,63)64)58-56(69-52-22-10-8-18-48(52)50-34-41(24-26-54(50)69)46-20-12-28-67-59(46)39-14-4-2-5-15-39)30-38(37-65)31-57(58)70-53-23-11-9-19-49(53)51-35-42(25-27-55(51)70)47-21-13-29-68-60(47)40-16-6-3-7-17-40/h2-36H. The smallest absolute Gasteiger partial charge is 0.308 e. The Morgan fingerprint density at radius 1 is 0.457 bits per heavy atom. The Morgan fingerprint density at radius 3 is 1.40 bits per heavy atom. The van der Waals surface area contributed by atoms with E-state index < -0.39 is 11.7 Å². The van der Waals surface area contributed by atoms with Crippen molar-refractivity contribution in [2.45, 2.75) is 6.18 Å². The summed E-state index contributed by atoms with van der Waals surface area (Å²) in [5.74, 6) is 0. The van der Waals surface area contributed by atoms with Crippen LogP contribution in [0.1, 0.15) is 11.1 Å². The van der Waals surface area contributed by atoms with Gasteiger partial charge in [0.2, 0.25) is 0 Å². The van der Waals surface area contributed by atoms with Crippen molar-refractivity contribution in [2.24, 2.45) is 0 Å². The van der Waals surface area contributed by atoms with E-state index in [1.54, 1.807) is 24.5 Å². The van der Waals surface area contributed by atoms with Crippen molar-refractivity contribution in [2.75, 3.05) is 0 Å². The third-order valence-corrected chi connectivity index (χ3v) is 13.0. The summed E-state index contributed by atoms with van der Waals surface area (Å²) in [5.41, 5.74) is 11.1. The minimum Gasteiger partial charge on any atom is -0.308 e. The largest absolute Gasteiger partial charge is 0.415 e. The number of fused-ring (bicyclic) bond motifs is 6. The molecule has 8 aromatic carbocycles. The number of pyridine rings is 2. The SMILES string of the molecule is [C-]#[N+]c1cc(-c2c(-n3c4ccccc4c4cc(-c5cccnc5-c5ccccc5)ccc43)cc(C#N)cc2-n2c3ccccc3c3cc(-c4cccnc4-c4ccccc4)ccc32)cc(C(F)(F)F)c1. The lowest BCUT2D eigenvalue weighted by Gasteiger charge is -2.22. The van der Waals surface area contributed by atoms with Crippen molar-refractivity contribution in [1.29, 1.82) is 5.26 Å². The number of halogens is 3. The van der Waals surface area contributed by atoms with E-state index in [9.17, 15) is 18.4 Å². The topological polar surface area (TPSA) is 63.8 Å². The van der Waals surface area contributed by atoms with E-state index in [1.807, 2.05) is 167 Å². The maximum Gasteiger partial charge on any atom is 0.415 e. The predicted octanol–water partition coefficient (Wildman–Crippen LogP) is 16.4. The van der Waals surface area contributed by atoms with E-state index in [0.717, 1.165) is 101 Å². The van der Waals surface area contributed by atoms with E-state index >= 15 is 0 Å². The number of alkyl halides is 3. The second-order valence-corrected chi connectivity index (χ2v) is 17.1. The van der Waals surface area contributed by atoms with Gasteiger partial charge in [0.25, 0.3) is 0 Å². The molecule has 0 N–H and O–H groups in total. The number of aromatic nitrogens is 4. The van der Waals surface area contributed by atoms with Gasteiger partial charge in [-0.2, -0.15) is 18.4 Å². The van der Waals surface area contributed by atoms with Crippen LogP contribution in [0.2, 0.25) is 0 Å². The highest BCUT2D eigenvalue weighted by atomic mass is 19.4. The summed E-state index contributed by atoms with van der Waals surface area (Å²) < 4.78 is 49.0. The number of rotatable bonds is 7. The number of para-hydroxylation sites is 2. The van der Waals surface area contributed by atoms with E-state index in [1.165, 1.54) is 6.07 Å². The molecule has 0 unspecified atom stereocenters. The number of nitriles is 1. The zero-order valence-corrected chi connectivity index (χ0v) is 37.0. The zero-order chi connectivity index (χ0) is 47.5. The van der Waals surface area contributed by atoms with Crippen molar-refractivity contribution in [1.82, 2.24) is 19.1 Å². The van der Waals surface area contributed by atoms with Gasteiger partial charge in [0.15, 0.2) is 5.69 Å². The van der Waals surface area contributed by atoms with E-state index in [2.05, 4.69) is 23.0 Å². The third-order valence-electron chi connectivity index (χ3n) is 13.0. The molecule has 0 aliphatic carbocycles. The molecular weight excluding hydrogens is 874 g/mol. The number of hydrogen-bond donors (Lipinski definition) is 0. The molecule has 70 heavy (non-hydrogen) atoms. The van der Waals surface area contributed by atoms with Gasteiger partial charge in [0.1, 0.15) is 0 Å². The summed E-state index contributed by atoms with van der Waals surface area (Å²) in [6.45, 7) is 8.00. The van der Waals surface area contributed by atoms with Gasteiger partial charge in [-0.1, -0.05) is 121 Å². The van der Waals surface area contributed by atoms with Crippen LogP contribution in [0.3, 0.4) is 0 Å². The quantitative estimate of drug-likeness (QED) is 0.150. The van der Waals surface area contributed by atoms with Crippen LogP contribution in [0.15, 0.2) is 213 Å². The van der Waals surface area contributed by atoms with Crippen molar-refractivity contribution < 1.29 is 13.2 Å². The molecule has 0 aliphatic rings. The van der Waals surface area contributed by atoms with Crippen molar-refractivity contribution in [3.05, 3.63) is 235 Å². The minimum atomic E-state index is -4.76. The van der Waals surface area contributed by atoms with Crippen LogP contribution in [0, 0.1) is 17.9 Å². The molecule has 0 spiro atoms. The maximum atomic E-state index is 15.0. The Balaban J connectivity index is 1.17. The average Bonchev–Trinajstić information content (AvgIpc) is 3.92. The van der Waals surface area contributed by atoms with E-state index in [0.29, 0.717) is 22.5 Å². The normalized spacial score (nSPS) is 11.6. The molecule has 0 amide bonds. The Bertz CT molecular complexity index is 3920. The highest BCUT2D eigenvalue weighted by molar-refractivity contribution is 6.13.